The minimum Gasteiger partial charge on any atom is -0.343 e. The van der Waals surface area contributed by atoms with Gasteiger partial charge in [-0.2, -0.15) is 0 Å². The van der Waals surface area contributed by atoms with Gasteiger partial charge in [-0.1, -0.05) is 96.7 Å². The first-order chi connectivity index (χ1) is 15.3. The quantitative estimate of drug-likeness (QED) is 0.245. The van der Waals surface area contributed by atoms with E-state index in [1.165, 1.54) is 54.2 Å². The van der Waals surface area contributed by atoms with Crippen molar-refractivity contribution in [2.75, 3.05) is 11.9 Å². The summed E-state index contributed by atoms with van der Waals surface area (Å²) in [6, 6.07) is 38.8. The molecule has 1 heterocycles. The highest BCUT2D eigenvalue weighted by molar-refractivity contribution is 7.99. The Morgan fingerprint density at radius 3 is 1.48 bits per heavy atom. The van der Waals surface area contributed by atoms with Crippen molar-refractivity contribution in [2.24, 2.45) is 0 Å². The Morgan fingerprint density at radius 1 is 0.484 bits per heavy atom. The van der Waals surface area contributed by atoms with Crippen molar-refractivity contribution < 1.29 is 0 Å². The summed E-state index contributed by atoms with van der Waals surface area (Å²) in [4.78, 5) is 4.92. The van der Waals surface area contributed by atoms with Crippen LogP contribution in [0.25, 0.3) is 33.0 Å². The molecule has 0 unspecified atom stereocenters. The van der Waals surface area contributed by atoms with E-state index in [1.807, 2.05) is 11.8 Å². The fourth-order valence-corrected chi connectivity index (χ4v) is 5.78. The molecular formula is C29H21NS. The Hall–Kier alpha value is -3.49. The van der Waals surface area contributed by atoms with E-state index in [0.717, 1.165) is 0 Å². The van der Waals surface area contributed by atoms with E-state index in [9.17, 15) is 0 Å². The largest absolute Gasteiger partial charge is 0.343 e. The van der Waals surface area contributed by atoms with Gasteiger partial charge in [0.05, 0.1) is 11.4 Å². The standard InChI is InChI=1S/C16H10.C13H11NS/c1-2-8-13-12(7-1)14-9-3-5-11-6-4-10-15(13)16(11)14;1-14-10-6-2-4-8-12(10)15-13-9-5-3-7-11(13)14/h1-10H;2-9H,1H3. The van der Waals surface area contributed by atoms with Crippen molar-refractivity contribution in [3.05, 3.63) is 109 Å². The van der Waals surface area contributed by atoms with Gasteiger partial charge in [0.1, 0.15) is 0 Å². The van der Waals surface area contributed by atoms with Crippen LogP contribution in [0, 0.1) is 0 Å². The van der Waals surface area contributed by atoms with Gasteiger partial charge in [0.25, 0.3) is 0 Å². The van der Waals surface area contributed by atoms with Gasteiger partial charge in [0.15, 0.2) is 0 Å². The number of fused-ring (bicyclic) bond motifs is 5. The number of nitrogens with zero attached hydrogens (tertiary/aromatic N) is 1. The third-order valence-electron chi connectivity index (χ3n) is 6.09. The lowest BCUT2D eigenvalue weighted by atomic mass is 10.0. The van der Waals surface area contributed by atoms with Gasteiger partial charge < -0.3 is 4.90 Å². The van der Waals surface area contributed by atoms with Crippen molar-refractivity contribution >= 4 is 33.9 Å². The molecule has 148 valence electrons. The van der Waals surface area contributed by atoms with Crippen molar-refractivity contribution in [3.63, 3.8) is 0 Å². The third kappa shape index (κ3) is 2.95. The van der Waals surface area contributed by atoms with Crippen LogP contribution in [0.2, 0.25) is 0 Å². The summed E-state index contributed by atoms with van der Waals surface area (Å²) in [7, 11) is 2.12. The van der Waals surface area contributed by atoms with Crippen molar-refractivity contribution in [1.82, 2.24) is 0 Å². The van der Waals surface area contributed by atoms with Gasteiger partial charge >= 0.3 is 0 Å². The minimum atomic E-state index is 1.29. The molecule has 0 spiro atoms. The second kappa shape index (κ2) is 7.33. The van der Waals surface area contributed by atoms with Crippen LogP contribution >= 0.6 is 11.8 Å². The van der Waals surface area contributed by atoms with E-state index in [4.69, 9.17) is 0 Å². The Bertz CT molecular complexity index is 1330. The molecule has 0 fully saturated rings. The van der Waals surface area contributed by atoms with Crippen LogP contribution in [0.1, 0.15) is 0 Å². The molecule has 31 heavy (non-hydrogen) atoms. The van der Waals surface area contributed by atoms with Gasteiger partial charge in [-0.3, -0.25) is 0 Å². The predicted molar refractivity (Wildman–Crippen MR) is 133 cm³/mol. The van der Waals surface area contributed by atoms with E-state index in [2.05, 4.69) is 121 Å². The van der Waals surface area contributed by atoms with Gasteiger partial charge in [-0.15, -0.1) is 0 Å². The monoisotopic (exact) mass is 415 g/mol. The lowest BCUT2D eigenvalue weighted by Gasteiger charge is -2.29. The van der Waals surface area contributed by atoms with E-state index in [-0.39, 0.29) is 0 Å². The molecule has 5 aromatic rings. The maximum absolute atomic E-state index is 2.25. The average molecular weight is 416 g/mol. The fourth-order valence-electron chi connectivity index (χ4n) is 4.63. The normalized spacial score (nSPS) is 12.5. The molecule has 7 rings (SSSR count). The molecule has 2 heteroatoms. The molecule has 1 aliphatic heterocycles. The highest BCUT2D eigenvalue weighted by Crippen LogP contribution is 2.47. The molecule has 5 aromatic carbocycles. The molecule has 0 saturated carbocycles. The first kappa shape index (κ1) is 18.3. The zero-order valence-corrected chi connectivity index (χ0v) is 18.1. The van der Waals surface area contributed by atoms with Crippen LogP contribution in [0.3, 0.4) is 0 Å². The van der Waals surface area contributed by atoms with Gasteiger partial charge in [0.2, 0.25) is 0 Å². The number of para-hydroxylation sites is 2. The summed E-state index contributed by atoms with van der Waals surface area (Å²) < 4.78 is 0. The maximum atomic E-state index is 2.25. The van der Waals surface area contributed by atoms with Gasteiger partial charge in [-0.25, -0.2) is 0 Å². The van der Waals surface area contributed by atoms with Gasteiger partial charge in [-0.05, 0) is 57.3 Å². The molecule has 1 aliphatic carbocycles. The Balaban J connectivity index is 0.000000120. The van der Waals surface area contributed by atoms with E-state index >= 15 is 0 Å². The molecule has 0 amide bonds. The molecule has 2 aliphatic rings. The molecule has 0 saturated heterocycles. The number of rotatable bonds is 0. The SMILES string of the molecule is CN1c2ccccc2Sc2ccccc21.c1ccc2c(c1)-c1cccc3cccc-2c13. The lowest BCUT2D eigenvalue weighted by Crippen LogP contribution is -2.14. The number of benzene rings is 5. The highest BCUT2D eigenvalue weighted by Gasteiger charge is 2.20. The number of hydrogen-bond donors (Lipinski definition) is 0. The number of anilines is 2. The second-order valence-corrected chi connectivity index (χ2v) is 8.94. The van der Waals surface area contributed by atoms with Gasteiger partial charge in [0, 0.05) is 16.8 Å². The summed E-state index contributed by atoms with van der Waals surface area (Å²) in [6.45, 7) is 0. The number of hydrogen-bond acceptors (Lipinski definition) is 2. The summed E-state index contributed by atoms with van der Waals surface area (Å²) in [5.74, 6) is 0. The fraction of sp³-hybridized carbons (Fsp3) is 0.0345. The van der Waals surface area contributed by atoms with Crippen LogP contribution < -0.4 is 4.90 Å². The summed E-state index contributed by atoms with van der Waals surface area (Å²) in [5, 5.41) is 2.75. The molecular weight excluding hydrogens is 394 g/mol. The first-order valence-electron chi connectivity index (χ1n) is 10.5. The zero-order chi connectivity index (χ0) is 20.8. The molecule has 0 aromatic heterocycles. The molecule has 0 bridgehead atoms. The van der Waals surface area contributed by atoms with E-state index < -0.39 is 0 Å². The van der Waals surface area contributed by atoms with Crippen LogP contribution in [-0.2, 0) is 0 Å². The van der Waals surface area contributed by atoms with E-state index in [1.54, 1.807) is 0 Å². The molecule has 0 atom stereocenters. The minimum absolute atomic E-state index is 1.29. The van der Waals surface area contributed by atoms with Crippen LogP contribution in [0.15, 0.2) is 119 Å². The lowest BCUT2D eigenvalue weighted by molar-refractivity contribution is 1.11. The molecule has 0 N–H and O–H groups in total. The first-order valence-corrected chi connectivity index (χ1v) is 11.3. The van der Waals surface area contributed by atoms with Crippen LogP contribution in [0.5, 0.6) is 0 Å². The Kier molecular flexibility index (Phi) is 4.33. The Labute approximate surface area is 187 Å². The average Bonchev–Trinajstić information content (AvgIpc) is 3.16. The maximum Gasteiger partial charge on any atom is 0.0550 e. The van der Waals surface area contributed by atoms with Crippen molar-refractivity contribution in [1.29, 1.82) is 0 Å². The van der Waals surface area contributed by atoms with Crippen LogP contribution in [0.4, 0.5) is 11.4 Å². The Morgan fingerprint density at radius 2 is 0.935 bits per heavy atom. The van der Waals surface area contributed by atoms with E-state index in [0.29, 0.717) is 0 Å². The highest BCUT2D eigenvalue weighted by atomic mass is 32.2. The smallest absolute Gasteiger partial charge is 0.0550 e. The summed E-state index contributed by atoms with van der Waals surface area (Å²) >= 11 is 1.84. The van der Waals surface area contributed by atoms with Crippen LogP contribution in [-0.4, -0.2) is 7.05 Å². The summed E-state index contributed by atoms with van der Waals surface area (Å²) in [5.41, 5.74) is 8.08. The third-order valence-corrected chi connectivity index (χ3v) is 7.22. The predicted octanol–water partition coefficient (Wildman–Crippen LogP) is 8.41. The van der Waals surface area contributed by atoms with Crippen molar-refractivity contribution in [3.8, 4) is 22.3 Å². The topological polar surface area (TPSA) is 3.24 Å². The second-order valence-electron chi connectivity index (χ2n) is 7.85. The molecule has 1 nitrogen and oxygen atoms in total. The molecule has 0 radical (unpaired) electrons. The zero-order valence-electron chi connectivity index (χ0n) is 17.2. The summed E-state index contributed by atoms with van der Waals surface area (Å²) in [6.07, 6.45) is 0. The van der Waals surface area contributed by atoms with Crippen molar-refractivity contribution in [2.45, 2.75) is 9.79 Å².